The van der Waals surface area contributed by atoms with Crippen LogP contribution in [0.5, 0.6) is 0 Å². The average Bonchev–Trinajstić information content (AvgIpc) is 2.56. The van der Waals surface area contributed by atoms with Gasteiger partial charge in [0.05, 0.1) is 17.7 Å². The Balaban J connectivity index is 2.06. The van der Waals surface area contributed by atoms with Crippen molar-refractivity contribution in [1.82, 2.24) is 5.43 Å². The Hall–Kier alpha value is -0.860. The lowest BCUT2D eigenvalue weighted by Crippen LogP contribution is -2.45. The van der Waals surface area contributed by atoms with Crippen LogP contribution in [0.2, 0.25) is 0 Å². The molecule has 1 saturated carbocycles. The molecule has 90 valence electrons. The lowest BCUT2D eigenvalue weighted by Gasteiger charge is -2.36. The highest BCUT2D eigenvalue weighted by molar-refractivity contribution is 6.07. The van der Waals surface area contributed by atoms with Gasteiger partial charge >= 0.3 is 0 Å². The third-order valence-electron chi connectivity index (χ3n) is 3.69. The first-order chi connectivity index (χ1) is 7.53. The van der Waals surface area contributed by atoms with Gasteiger partial charge in [0.25, 0.3) is 0 Å². The molecule has 0 saturated heterocycles. The minimum Gasteiger partial charge on any atom is -0.306 e. The summed E-state index contributed by atoms with van der Waals surface area (Å²) >= 11 is 0. The fraction of sp³-hybridized carbons (Fsp3) is 0.846. The smallest absolute Gasteiger partial charge is 0.144 e. The Bertz CT molecular complexity index is 320. The van der Waals surface area contributed by atoms with E-state index in [9.17, 15) is 4.79 Å². The molecule has 0 radical (unpaired) electrons. The maximum absolute atomic E-state index is 12.1. The van der Waals surface area contributed by atoms with Crippen molar-refractivity contribution < 1.29 is 4.79 Å². The minimum atomic E-state index is 0.0829. The predicted octanol–water partition coefficient (Wildman–Crippen LogP) is 2.51. The average molecular weight is 222 g/mol. The zero-order valence-corrected chi connectivity index (χ0v) is 10.5. The van der Waals surface area contributed by atoms with Crippen molar-refractivity contribution in [2.45, 2.75) is 58.9 Å². The Morgan fingerprint density at radius 2 is 2.25 bits per heavy atom. The normalized spacial score (nSPS) is 31.9. The van der Waals surface area contributed by atoms with Gasteiger partial charge in [-0.2, -0.15) is 5.10 Å². The molecule has 2 unspecified atom stereocenters. The van der Waals surface area contributed by atoms with Crippen LogP contribution in [0, 0.1) is 11.3 Å². The van der Waals surface area contributed by atoms with Crippen LogP contribution >= 0.6 is 0 Å². The van der Waals surface area contributed by atoms with Crippen LogP contribution in [0.4, 0.5) is 0 Å². The second-order valence-electron chi connectivity index (χ2n) is 5.93. The van der Waals surface area contributed by atoms with Crippen LogP contribution in [-0.2, 0) is 4.79 Å². The Kier molecular flexibility index (Phi) is 3.04. The maximum Gasteiger partial charge on any atom is 0.144 e. The molecule has 2 atom stereocenters. The first kappa shape index (κ1) is 11.6. The molecule has 1 N–H and O–H groups in total. The summed E-state index contributed by atoms with van der Waals surface area (Å²) in [7, 11) is 0. The first-order valence-electron chi connectivity index (χ1n) is 6.38. The summed E-state index contributed by atoms with van der Waals surface area (Å²) in [6, 6.07) is 0.267. The van der Waals surface area contributed by atoms with E-state index in [2.05, 4.69) is 31.3 Å². The highest BCUT2D eigenvalue weighted by Crippen LogP contribution is 2.39. The minimum absolute atomic E-state index is 0.0829. The maximum atomic E-state index is 12.1. The van der Waals surface area contributed by atoms with Crippen LogP contribution in [0.25, 0.3) is 0 Å². The van der Waals surface area contributed by atoms with Crippen molar-refractivity contribution in [1.29, 1.82) is 0 Å². The second-order valence-corrected chi connectivity index (χ2v) is 5.93. The third kappa shape index (κ3) is 2.13. The van der Waals surface area contributed by atoms with E-state index < -0.39 is 0 Å². The Morgan fingerprint density at radius 3 is 2.94 bits per heavy atom. The van der Waals surface area contributed by atoms with Crippen molar-refractivity contribution in [3.05, 3.63) is 0 Å². The van der Waals surface area contributed by atoms with E-state index in [1.165, 1.54) is 0 Å². The first-order valence-corrected chi connectivity index (χ1v) is 6.38. The highest BCUT2D eigenvalue weighted by Gasteiger charge is 2.45. The molecule has 0 aromatic rings. The number of hydrogen-bond acceptors (Lipinski definition) is 3. The molecule has 1 aliphatic carbocycles. The van der Waals surface area contributed by atoms with E-state index in [-0.39, 0.29) is 17.4 Å². The van der Waals surface area contributed by atoms with Gasteiger partial charge < -0.3 is 5.43 Å². The van der Waals surface area contributed by atoms with E-state index in [0.717, 1.165) is 31.4 Å². The molecule has 0 spiro atoms. The molecular weight excluding hydrogens is 200 g/mol. The molecule has 1 fully saturated rings. The molecule has 16 heavy (non-hydrogen) atoms. The molecule has 2 rings (SSSR count). The van der Waals surface area contributed by atoms with Gasteiger partial charge in [-0.05, 0) is 24.7 Å². The number of Topliss-reactive ketones (excluding diaryl/α,β-unsaturated/α-hetero) is 1. The van der Waals surface area contributed by atoms with Gasteiger partial charge in [0.2, 0.25) is 0 Å². The zero-order valence-electron chi connectivity index (χ0n) is 10.5. The highest BCUT2D eigenvalue weighted by atomic mass is 16.1. The van der Waals surface area contributed by atoms with E-state index in [1.54, 1.807) is 0 Å². The molecule has 1 aliphatic heterocycles. The number of nitrogens with one attached hydrogen (secondary N) is 1. The second kappa shape index (κ2) is 4.19. The zero-order chi connectivity index (χ0) is 11.8. The SMILES string of the molecule is CCCCC1=NNC2CC(C)(C)CC(=O)C12. The van der Waals surface area contributed by atoms with Gasteiger partial charge in [0.1, 0.15) is 5.78 Å². The molecule has 3 nitrogen and oxygen atoms in total. The quantitative estimate of drug-likeness (QED) is 0.797. The van der Waals surface area contributed by atoms with Gasteiger partial charge in [-0.1, -0.05) is 27.2 Å². The number of nitrogens with zero attached hydrogens (tertiary/aromatic N) is 1. The predicted molar refractivity (Wildman–Crippen MR) is 65.4 cm³/mol. The summed E-state index contributed by atoms with van der Waals surface area (Å²) < 4.78 is 0. The number of fused-ring (bicyclic) bond motifs is 1. The van der Waals surface area contributed by atoms with Crippen LogP contribution in [0.15, 0.2) is 5.10 Å². The number of ketones is 1. The molecule has 2 aliphatic rings. The molecule has 1 heterocycles. The number of hydrogen-bond donors (Lipinski definition) is 1. The van der Waals surface area contributed by atoms with Crippen LogP contribution in [0.3, 0.4) is 0 Å². The standard InChI is InChI=1S/C13H22N2O/c1-4-5-6-9-12-10(15-14-9)7-13(2,3)8-11(12)16/h10,12,15H,4-8H2,1-3H3. The van der Waals surface area contributed by atoms with Crippen molar-refractivity contribution in [2.75, 3.05) is 0 Å². The molecule has 3 heteroatoms. The number of unbranched alkanes of at least 4 members (excludes halogenated alkanes) is 1. The van der Waals surface area contributed by atoms with Gasteiger partial charge in [0, 0.05) is 6.42 Å². The van der Waals surface area contributed by atoms with Crippen LogP contribution in [0.1, 0.15) is 52.9 Å². The summed E-state index contributed by atoms with van der Waals surface area (Å²) in [5.74, 6) is 0.473. The van der Waals surface area contributed by atoms with Gasteiger partial charge in [0.15, 0.2) is 0 Å². The van der Waals surface area contributed by atoms with Crippen molar-refractivity contribution in [3.63, 3.8) is 0 Å². The molecule has 0 aromatic heterocycles. The Morgan fingerprint density at radius 1 is 1.50 bits per heavy atom. The van der Waals surface area contributed by atoms with E-state index in [1.807, 2.05) is 0 Å². The number of carbonyl (C=O) groups excluding carboxylic acids is 1. The fourth-order valence-corrected chi connectivity index (χ4v) is 2.93. The summed E-state index contributed by atoms with van der Waals surface area (Å²) in [6.45, 7) is 6.52. The third-order valence-corrected chi connectivity index (χ3v) is 3.69. The van der Waals surface area contributed by atoms with Gasteiger partial charge in [-0.15, -0.1) is 0 Å². The van der Waals surface area contributed by atoms with Crippen molar-refractivity contribution >= 4 is 11.5 Å². The summed E-state index contributed by atoms with van der Waals surface area (Å²) in [5.41, 5.74) is 4.41. The lowest BCUT2D eigenvalue weighted by molar-refractivity contribution is -0.126. The summed E-state index contributed by atoms with van der Waals surface area (Å²) in [6.07, 6.45) is 5.05. The molecule has 0 amide bonds. The van der Waals surface area contributed by atoms with Crippen molar-refractivity contribution in [2.24, 2.45) is 16.4 Å². The van der Waals surface area contributed by atoms with Gasteiger partial charge in [-0.25, -0.2) is 0 Å². The topological polar surface area (TPSA) is 41.5 Å². The largest absolute Gasteiger partial charge is 0.306 e. The van der Waals surface area contributed by atoms with Crippen molar-refractivity contribution in [3.8, 4) is 0 Å². The fourth-order valence-electron chi connectivity index (χ4n) is 2.93. The van der Waals surface area contributed by atoms with E-state index in [4.69, 9.17) is 0 Å². The molecule has 0 bridgehead atoms. The van der Waals surface area contributed by atoms with Crippen LogP contribution < -0.4 is 5.43 Å². The van der Waals surface area contributed by atoms with E-state index >= 15 is 0 Å². The Labute approximate surface area is 97.7 Å². The summed E-state index contributed by atoms with van der Waals surface area (Å²) in [5, 5.41) is 4.38. The lowest BCUT2D eigenvalue weighted by atomic mass is 9.68. The number of hydrazone groups is 1. The van der Waals surface area contributed by atoms with Crippen LogP contribution in [-0.4, -0.2) is 17.5 Å². The molecular formula is C13H22N2O. The monoisotopic (exact) mass is 222 g/mol. The summed E-state index contributed by atoms with van der Waals surface area (Å²) in [4.78, 5) is 12.1. The molecule has 0 aromatic carbocycles. The number of rotatable bonds is 3. The van der Waals surface area contributed by atoms with E-state index in [0.29, 0.717) is 12.2 Å². The number of carbonyl (C=O) groups is 1. The van der Waals surface area contributed by atoms with Gasteiger partial charge in [-0.3, -0.25) is 4.79 Å².